The molecular formula is C23H42N2O5. The van der Waals surface area contributed by atoms with E-state index in [1.165, 1.54) is 6.20 Å². The van der Waals surface area contributed by atoms with Gasteiger partial charge >= 0.3 is 6.09 Å². The Balaban J connectivity index is 2.95. The lowest BCUT2D eigenvalue weighted by atomic mass is 9.78. The van der Waals surface area contributed by atoms with Crippen LogP contribution in [0.3, 0.4) is 0 Å². The summed E-state index contributed by atoms with van der Waals surface area (Å²) in [5, 5.41) is 2.57. The fourth-order valence-corrected chi connectivity index (χ4v) is 3.87. The van der Waals surface area contributed by atoms with Gasteiger partial charge < -0.3 is 25.3 Å². The highest BCUT2D eigenvalue weighted by atomic mass is 16.6. The van der Waals surface area contributed by atoms with Crippen molar-refractivity contribution in [2.75, 3.05) is 20.3 Å². The number of carbonyl (C=O) groups is 2. The Kier molecular flexibility index (Phi) is 10.8. The SMILES string of the molecule is CCCCC(C)C(C/C(=C\N)C1(C(=O)CNC(=O)OC(C)(C)C)CCCCO1)OC. The molecule has 1 amide bonds. The molecule has 0 aromatic rings. The molecule has 0 spiro atoms. The van der Waals surface area contributed by atoms with Crippen LogP contribution in [-0.4, -0.2) is 49.4 Å². The minimum Gasteiger partial charge on any atom is -0.444 e. The molecule has 1 aliphatic rings. The summed E-state index contributed by atoms with van der Waals surface area (Å²) in [5.74, 6) is 0.126. The average molecular weight is 427 g/mol. The summed E-state index contributed by atoms with van der Waals surface area (Å²) >= 11 is 0. The van der Waals surface area contributed by atoms with Gasteiger partial charge in [-0.15, -0.1) is 0 Å². The molecule has 0 radical (unpaired) electrons. The number of rotatable bonds is 11. The minimum atomic E-state index is -1.12. The Morgan fingerprint density at radius 1 is 1.30 bits per heavy atom. The van der Waals surface area contributed by atoms with Gasteiger partial charge in [-0.25, -0.2) is 4.79 Å². The Labute approximate surface area is 182 Å². The molecule has 1 saturated heterocycles. The first-order chi connectivity index (χ1) is 14.1. The molecular weight excluding hydrogens is 384 g/mol. The first kappa shape index (κ1) is 26.4. The van der Waals surface area contributed by atoms with Gasteiger partial charge in [-0.1, -0.05) is 26.7 Å². The van der Waals surface area contributed by atoms with E-state index in [2.05, 4.69) is 19.2 Å². The fourth-order valence-electron chi connectivity index (χ4n) is 3.87. The van der Waals surface area contributed by atoms with E-state index in [9.17, 15) is 9.59 Å². The second-order valence-electron chi connectivity index (χ2n) is 9.20. The second kappa shape index (κ2) is 12.3. The number of hydrogen-bond acceptors (Lipinski definition) is 6. The molecule has 7 heteroatoms. The number of Topliss-reactive ketones (excluding diaryl/α,β-unsaturated/α-hetero) is 1. The summed E-state index contributed by atoms with van der Waals surface area (Å²) in [6, 6.07) is 0. The average Bonchev–Trinajstić information content (AvgIpc) is 2.70. The van der Waals surface area contributed by atoms with Crippen molar-refractivity contribution in [2.45, 2.75) is 96.9 Å². The highest BCUT2D eigenvalue weighted by molar-refractivity contribution is 5.94. The lowest BCUT2D eigenvalue weighted by Gasteiger charge is -2.39. The number of nitrogens with two attached hydrogens (primary N) is 1. The summed E-state index contributed by atoms with van der Waals surface area (Å²) in [5.41, 5.74) is 4.99. The number of nitrogens with one attached hydrogen (secondary N) is 1. The third-order valence-electron chi connectivity index (χ3n) is 5.61. The zero-order valence-corrected chi connectivity index (χ0v) is 19.7. The van der Waals surface area contributed by atoms with E-state index in [1.54, 1.807) is 27.9 Å². The quantitative estimate of drug-likeness (QED) is 0.516. The van der Waals surface area contributed by atoms with E-state index < -0.39 is 17.3 Å². The molecule has 7 nitrogen and oxygen atoms in total. The topological polar surface area (TPSA) is 99.9 Å². The van der Waals surface area contributed by atoms with E-state index in [0.29, 0.717) is 25.4 Å². The van der Waals surface area contributed by atoms with Gasteiger partial charge in [-0.2, -0.15) is 0 Å². The molecule has 0 aromatic carbocycles. The molecule has 0 aromatic heterocycles. The highest BCUT2D eigenvalue weighted by Gasteiger charge is 2.45. The number of methoxy groups -OCH3 is 1. The summed E-state index contributed by atoms with van der Waals surface area (Å²) in [4.78, 5) is 25.3. The van der Waals surface area contributed by atoms with Crippen LogP contribution in [-0.2, 0) is 19.0 Å². The lowest BCUT2D eigenvalue weighted by molar-refractivity contribution is -0.144. The molecule has 30 heavy (non-hydrogen) atoms. The lowest BCUT2D eigenvalue weighted by Crippen LogP contribution is -2.51. The van der Waals surface area contributed by atoms with Crippen LogP contribution in [0.4, 0.5) is 4.79 Å². The summed E-state index contributed by atoms with van der Waals surface area (Å²) in [6.45, 7) is 9.98. The number of amides is 1. The monoisotopic (exact) mass is 426 g/mol. The van der Waals surface area contributed by atoms with Gasteiger partial charge in [-0.05, 0) is 70.6 Å². The maximum atomic E-state index is 13.3. The minimum absolute atomic E-state index is 0.0552. The van der Waals surface area contributed by atoms with Gasteiger partial charge in [0.05, 0.1) is 12.6 Å². The van der Waals surface area contributed by atoms with E-state index in [-0.39, 0.29) is 18.4 Å². The van der Waals surface area contributed by atoms with Crippen molar-refractivity contribution >= 4 is 11.9 Å². The summed E-state index contributed by atoms with van der Waals surface area (Å²) in [6.07, 6.45) is 6.95. The largest absolute Gasteiger partial charge is 0.444 e. The van der Waals surface area contributed by atoms with Crippen molar-refractivity contribution < 1.29 is 23.8 Å². The third-order valence-corrected chi connectivity index (χ3v) is 5.61. The predicted octanol–water partition coefficient (Wildman–Crippen LogP) is 4.09. The van der Waals surface area contributed by atoms with Gasteiger partial charge in [0, 0.05) is 13.7 Å². The normalized spacial score (nSPS) is 22.3. The fraction of sp³-hybridized carbons (Fsp3) is 0.826. The van der Waals surface area contributed by atoms with Crippen LogP contribution < -0.4 is 11.1 Å². The molecule has 1 aliphatic heterocycles. The Hall–Kier alpha value is -1.60. The van der Waals surface area contributed by atoms with Crippen molar-refractivity contribution in [1.29, 1.82) is 0 Å². The standard InChI is InChI=1S/C23H42N2O5/c1-7-8-11-17(2)19(28-6)14-18(15-24)23(12-9-10-13-29-23)20(26)16-25-21(27)30-22(3,4)5/h15,17,19H,7-14,16,24H2,1-6H3,(H,25,27)/b18-15+. The zero-order valence-electron chi connectivity index (χ0n) is 19.7. The molecule has 0 saturated carbocycles. The van der Waals surface area contributed by atoms with Gasteiger partial charge in [0.2, 0.25) is 0 Å². The highest BCUT2D eigenvalue weighted by Crippen LogP contribution is 2.36. The molecule has 1 heterocycles. The number of carbonyl (C=O) groups excluding carboxylic acids is 2. The molecule has 1 rings (SSSR count). The smallest absolute Gasteiger partial charge is 0.408 e. The van der Waals surface area contributed by atoms with Crippen LogP contribution in [0.5, 0.6) is 0 Å². The molecule has 0 aliphatic carbocycles. The number of ether oxygens (including phenoxy) is 3. The van der Waals surface area contributed by atoms with E-state index >= 15 is 0 Å². The summed E-state index contributed by atoms with van der Waals surface area (Å²) < 4.78 is 17.1. The van der Waals surface area contributed by atoms with Gasteiger partial charge in [-0.3, -0.25) is 4.79 Å². The number of hydrogen-bond donors (Lipinski definition) is 2. The van der Waals surface area contributed by atoms with Crippen molar-refractivity contribution in [2.24, 2.45) is 11.7 Å². The molecule has 0 bridgehead atoms. The molecule has 174 valence electrons. The molecule has 3 unspecified atom stereocenters. The van der Waals surface area contributed by atoms with Crippen LogP contribution in [0.25, 0.3) is 0 Å². The van der Waals surface area contributed by atoms with Crippen LogP contribution >= 0.6 is 0 Å². The van der Waals surface area contributed by atoms with E-state index in [0.717, 1.165) is 37.7 Å². The second-order valence-corrected chi connectivity index (χ2v) is 9.20. The van der Waals surface area contributed by atoms with Crippen LogP contribution in [0.15, 0.2) is 11.8 Å². The van der Waals surface area contributed by atoms with Gasteiger partial charge in [0.25, 0.3) is 0 Å². The maximum absolute atomic E-state index is 13.3. The van der Waals surface area contributed by atoms with Crippen molar-refractivity contribution in [3.8, 4) is 0 Å². The van der Waals surface area contributed by atoms with E-state index in [1.807, 2.05) is 0 Å². The predicted molar refractivity (Wildman–Crippen MR) is 118 cm³/mol. The first-order valence-electron chi connectivity index (χ1n) is 11.2. The first-order valence-corrected chi connectivity index (χ1v) is 11.2. The number of alkyl carbamates (subject to hydrolysis) is 1. The Bertz CT molecular complexity index is 577. The third kappa shape index (κ3) is 7.91. The van der Waals surface area contributed by atoms with Crippen molar-refractivity contribution in [3.63, 3.8) is 0 Å². The van der Waals surface area contributed by atoms with Crippen LogP contribution in [0.1, 0.15) is 79.6 Å². The number of unbranched alkanes of at least 4 members (excludes halogenated alkanes) is 1. The molecule has 3 N–H and O–H groups in total. The van der Waals surface area contributed by atoms with Crippen LogP contribution in [0, 0.1) is 5.92 Å². The Morgan fingerprint density at radius 2 is 2.00 bits per heavy atom. The maximum Gasteiger partial charge on any atom is 0.408 e. The summed E-state index contributed by atoms with van der Waals surface area (Å²) in [7, 11) is 1.70. The zero-order chi connectivity index (χ0) is 22.8. The molecule has 3 atom stereocenters. The van der Waals surface area contributed by atoms with Gasteiger partial charge in [0.1, 0.15) is 5.60 Å². The van der Waals surface area contributed by atoms with Crippen LogP contribution in [0.2, 0.25) is 0 Å². The van der Waals surface area contributed by atoms with Gasteiger partial charge in [0.15, 0.2) is 11.4 Å². The van der Waals surface area contributed by atoms with E-state index in [4.69, 9.17) is 19.9 Å². The van der Waals surface area contributed by atoms with Crippen molar-refractivity contribution in [1.82, 2.24) is 5.32 Å². The van der Waals surface area contributed by atoms with Crippen molar-refractivity contribution in [3.05, 3.63) is 11.8 Å². The molecule has 1 fully saturated rings. The number of ketones is 1. The Morgan fingerprint density at radius 3 is 2.50 bits per heavy atom.